The molecule has 3 aliphatic rings. The van der Waals surface area contributed by atoms with Crippen LogP contribution in [0.5, 0.6) is 11.5 Å². The van der Waals surface area contributed by atoms with Crippen molar-refractivity contribution in [2.45, 2.75) is 81.9 Å². The number of hydrogen-bond donors (Lipinski definition) is 6. The lowest BCUT2D eigenvalue weighted by Crippen LogP contribution is -2.71. The maximum Gasteiger partial charge on any atom is 0.198 e. The lowest BCUT2D eigenvalue weighted by Gasteiger charge is -2.46. The molecule has 2 aromatic rings. The molecule has 198 valence electrons. The molecule has 37 heavy (non-hydrogen) atoms. The van der Waals surface area contributed by atoms with Crippen molar-refractivity contribution in [1.29, 1.82) is 0 Å². The third kappa shape index (κ3) is 3.87. The SMILES string of the molecule is C[C@@H]1O[C@@H](O[C@H]2C[C@](O)(C(C)(C)O)Cc3c(O)c4c(c(O)c32)C(=O)c2ccccc2C4=O)C[C@H]([NH3+])[C@@H]1O. The van der Waals surface area contributed by atoms with Crippen molar-refractivity contribution in [1.82, 2.24) is 0 Å². The summed E-state index contributed by atoms with van der Waals surface area (Å²) in [5, 5.41) is 55.4. The number of phenolic OH excluding ortho intramolecular Hbond substituents is 2. The van der Waals surface area contributed by atoms with Crippen LogP contribution in [-0.4, -0.2) is 72.8 Å². The van der Waals surface area contributed by atoms with Crippen LogP contribution >= 0.6 is 0 Å². The Morgan fingerprint density at radius 1 is 1.08 bits per heavy atom. The van der Waals surface area contributed by atoms with Gasteiger partial charge < -0.3 is 40.7 Å². The topological polar surface area (TPSA) is 181 Å². The number of rotatable bonds is 3. The molecule has 0 spiro atoms. The first-order valence-electron chi connectivity index (χ1n) is 12.3. The zero-order chi connectivity index (χ0) is 27.0. The smallest absolute Gasteiger partial charge is 0.198 e. The summed E-state index contributed by atoms with van der Waals surface area (Å²) in [6.07, 6.45) is -3.72. The summed E-state index contributed by atoms with van der Waals surface area (Å²) >= 11 is 0. The van der Waals surface area contributed by atoms with Crippen LogP contribution in [0.2, 0.25) is 0 Å². The molecular formula is C27H32NO9+. The van der Waals surface area contributed by atoms with Gasteiger partial charge in [-0.2, -0.15) is 0 Å². The van der Waals surface area contributed by atoms with Crippen LogP contribution in [-0.2, 0) is 15.9 Å². The van der Waals surface area contributed by atoms with E-state index in [9.17, 15) is 35.1 Å². The fraction of sp³-hybridized carbons (Fsp3) is 0.481. The molecule has 1 aliphatic heterocycles. The molecule has 10 heteroatoms. The number of ether oxygens (including phenoxy) is 2. The molecule has 1 heterocycles. The normalized spacial score (nSPS) is 31.5. The third-order valence-corrected chi connectivity index (χ3v) is 8.05. The highest BCUT2D eigenvalue weighted by Gasteiger charge is 2.52. The monoisotopic (exact) mass is 514 g/mol. The van der Waals surface area contributed by atoms with Gasteiger partial charge in [-0.1, -0.05) is 24.3 Å². The summed E-state index contributed by atoms with van der Waals surface area (Å²) in [7, 11) is 0. The number of carbonyl (C=O) groups excluding carboxylic acids is 2. The van der Waals surface area contributed by atoms with Gasteiger partial charge in [0.2, 0.25) is 0 Å². The van der Waals surface area contributed by atoms with E-state index in [1.54, 1.807) is 19.1 Å². The average Bonchev–Trinajstić information content (AvgIpc) is 2.82. The molecule has 2 aliphatic carbocycles. The fourth-order valence-electron chi connectivity index (χ4n) is 5.68. The first-order valence-corrected chi connectivity index (χ1v) is 12.3. The minimum absolute atomic E-state index is 0.00715. The van der Waals surface area contributed by atoms with Crippen molar-refractivity contribution in [2.75, 3.05) is 0 Å². The Labute approximate surface area is 213 Å². The second kappa shape index (κ2) is 8.59. The maximum atomic E-state index is 13.4. The molecule has 0 aromatic heterocycles. The van der Waals surface area contributed by atoms with Gasteiger partial charge in [-0.3, -0.25) is 9.59 Å². The highest BCUT2D eigenvalue weighted by molar-refractivity contribution is 6.30. The van der Waals surface area contributed by atoms with Crippen LogP contribution in [0.1, 0.15) is 82.7 Å². The fourth-order valence-corrected chi connectivity index (χ4v) is 5.68. The van der Waals surface area contributed by atoms with Crippen molar-refractivity contribution in [2.24, 2.45) is 0 Å². The predicted octanol–water partition coefficient (Wildman–Crippen LogP) is 0.485. The van der Waals surface area contributed by atoms with E-state index in [-0.39, 0.29) is 52.6 Å². The Morgan fingerprint density at radius 3 is 2.19 bits per heavy atom. The number of ketones is 2. The van der Waals surface area contributed by atoms with Gasteiger partial charge in [0.1, 0.15) is 23.6 Å². The highest BCUT2D eigenvalue weighted by Crippen LogP contribution is 2.53. The molecule has 0 unspecified atom stereocenters. The summed E-state index contributed by atoms with van der Waals surface area (Å²) in [5.41, 5.74) is 0.0381. The lowest BCUT2D eigenvalue weighted by atomic mass is 9.68. The zero-order valence-corrected chi connectivity index (χ0v) is 20.9. The minimum Gasteiger partial charge on any atom is -0.507 e. The molecule has 8 N–H and O–H groups in total. The van der Waals surface area contributed by atoms with Crippen LogP contribution in [0.25, 0.3) is 0 Å². The molecular weight excluding hydrogens is 482 g/mol. The Morgan fingerprint density at radius 2 is 1.65 bits per heavy atom. The summed E-state index contributed by atoms with van der Waals surface area (Å²) in [4.78, 5) is 26.8. The van der Waals surface area contributed by atoms with Gasteiger partial charge in [-0.05, 0) is 20.8 Å². The Kier molecular flexibility index (Phi) is 5.98. The average molecular weight is 515 g/mol. The second-order valence-electron chi connectivity index (χ2n) is 10.9. The van der Waals surface area contributed by atoms with Crippen LogP contribution < -0.4 is 5.73 Å². The molecule has 0 amide bonds. The van der Waals surface area contributed by atoms with Crippen LogP contribution in [0.4, 0.5) is 0 Å². The number of fused-ring (bicyclic) bond motifs is 3. The predicted molar refractivity (Wildman–Crippen MR) is 128 cm³/mol. The standard InChI is InChI=1S/C27H31NO9/c1-11-21(29)15(28)8-17(36-11)37-16-10-27(35,26(2,3)34)9-14-18(16)25(33)20-19(24(14)32)22(30)12-6-4-5-7-13(12)23(20)31/h4-7,11,15-17,21,29,32-35H,8-10,28H2,1-3H3/p+1/t11-,15-,16-,17-,21+,27-/m0/s1. The van der Waals surface area contributed by atoms with E-state index in [1.807, 2.05) is 0 Å². The number of benzene rings is 2. The largest absolute Gasteiger partial charge is 0.507 e. The molecule has 1 saturated heterocycles. The molecule has 10 nitrogen and oxygen atoms in total. The van der Waals surface area contributed by atoms with Crippen molar-refractivity contribution >= 4 is 11.6 Å². The molecule has 2 aromatic carbocycles. The van der Waals surface area contributed by atoms with E-state index in [4.69, 9.17) is 9.47 Å². The zero-order valence-electron chi connectivity index (χ0n) is 20.9. The lowest BCUT2D eigenvalue weighted by molar-refractivity contribution is -0.466. The van der Waals surface area contributed by atoms with Gasteiger partial charge in [0.15, 0.2) is 17.9 Å². The van der Waals surface area contributed by atoms with Crippen molar-refractivity contribution in [3.63, 3.8) is 0 Å². The van der Waals surface area contributed by atoms with Gasteiger partial charge in [-0.15, -0.1) is 0 Å². The molecule has 0 radical (unpaired) electrons. The number of quaternary nitrogens is 1. The van der Waals surface area contributed by atoms with Gasteiger partial charge in [0, 0.05) is 35.1 Å². The third-order valence-electron chi connectivity index (χ3n) is 8.05. The summed E-state index contributed by atoms with van der Waals surface area (Å²) in [6, 6.07) is 5.74. The van der Waals surface area contributed by atoms with Crippen molar-refractivity contribution in [3.05, 3.63) is 57.6 Å². The van der Waals surface area contributed by atoms with E-state index in [0.29, 0.717) is 0 Å². The highest BCUT2D eigenvalue weighted by atomic mass is 16.7. The van der Waals surface area contributed by atoms with Crippen LogP contribution in [0.15, 0.2) is 24.3 Å². The number of aliphatic hydroxyl groups is 3. The number of aliphatic hydroxyl groups excluding tert-OH is 1. The number of aromatic hydroxyl groups is 2. The van der Waals surface area contributed by atoms with Crippen LogP contribution in [0.3, 0.4) is 0 Å². The summed E-state index contributed by atoms with van der Waals surface area (Å²) in [5.74, 6) is -2.32. The van der Waals surface area contributed by atoms with Crippen LogP contribution in [0, 0.1) is 0 Å². The molecule has 0 bridgehead atoms. The quantitative estimate of drug-likeness (QED) is 0.271. The number of phenols is 2. The van der Waals surface area contributed by atoms with Crippen molar-refractivity contribution < 1.29 is 50.3 Å². The van der Waals surface area contributed by atoms with E-state index >= 15 is 0 Å². The van der Waals surface area contributed by atoms with E-state index in [0.717, 1.165) is 0 Å². The van der Waals surface area contributed by atoms with Gasteiger partial charge in [0.05, 0.1) is 41.0 Å². The molecule has 0 saturated carbocycles. The Hall–Kier alpha value is -2.86. The molecule has 1 fully saturated rings. The van der Waals surface area contributed by atoms with Gasteiger partial charge in [0.25, 0.3) is 0 Å². The number of hydrogen-bond acceptors (Lipinski definition) is 9. The first kappa shape index (κ1) is 25.8. The Bertz CT molecular complexity index is 1290. The number of carbonyl (C=O) groups is 2. The molecule has 5 rings (SSSR count). The van der Waals surface area contributed by atoms with E-state index in [1.165, 1.54) is 26.0 Å². The second-order valence-corrected chi connectivity index (χ2v) is 10.9. The van der Waals surface area contributed by atoms with Crippen molar-refractivity contribution in [3.8, 4) is 11.5 Å². The minimum atomic E-state index is -1.83. The maximum absolute atomic E-state index is 13.4. The summed E-state index contributed by atoms with van der Waals surface area (Å²) in [6.45, 7) is 4.50. The summed E-state index contributed by atoms with van der Waals surface area (Å²) < 4.78 is 12.0. The van der Waals surface area contributed by atoms with E-state index < -0.39 is 64.9 Å². The van der Waals surface area contributed by atoms with Gasteiger partial charge in [-0.25, -0.2) is 0 Å². The molecule has 6 atom stereocenters. The Balaban J connectivity index is 1.68. The van der Waals surface area contributed by atoms with Gasteiger partial charge >= 0.3 is 0 Å². The first-order chi connectivity index (χ1) is 17.2. The van der Waals surface area contributed by atoms with E-state index in [2.05, 4.69) is 5.73 Å².